The fourth-order valence-corrected chi connectivity index (χ4v) is 10.4. The number of carbonyl (C=O) groups excluding carboxylic acids is 1. The molecule has 5 heteroatoms. The van der Waals surface area contributed by atoms with Crippen molar-refractivity contribution < 1.29 is 25.2 Å². The molecule has 7 aliphatic carbocycles. The van der Waals surface area contributed by atoms with Crippen LogP contribution in [0.15, 0.2) is 23.8 Å². The average Bonchev–Trinajstić information content (AvgIpc) is 2.99. The summed E-state index contributed by atoms with van der Waals surface area (Å²) in [6.45, 7) is 8.22. The van der Waals surface area contributed by atoms with Crippen LogP contribution < -0.4 is 0 Å². The molecule has 2 bridgehead atoms. The predicted molar refractivity (Wildman–Crippen MR) is 129 cm³/mol. The van der Waals surface area contributed by atoms with Crippen molar-refractivity contribution in [3.8, 4) is 0 Å². The van der Waals surface area contributed by atoms with Gasteiger partial charge in [-0.25, -0.2) is 0 Å². The first-order valence-electron chi connectivity index (χ1n) is 13.5. The van der Waals surface area contributed by atoms with Gasteiger partial charge in [0.2, 0.25) is 0 Å². The number of fused-ring (bicyclic) bond motifs is 8. The molecule has 0 amide bonds. The summed E-state index contributed by atoms with van der Waals surface area (Å²) in [5.74, 6) is 0.221. The standard InChI is InChI=1S/C29H42O5/c1-24-11-9-17(15-26(24,3)32)21(16-24)29(34)14-13-28(33)19-5-6-20-22(30)7-8-23(31)27(20,4)18(19)10-12-25(28,29)2/h6-8,17-19,21-22,30,32-34H,5,9-16H2,1-4H3/t17-,18?,19?,21+,22-,24+,25-,26+,27+,28+,29-/m0/s1. The molecule has 0 saturated heterocycles. The molecule has 0 aromatic heterocycles. The molecule has 11 atom stereocenters. The number of hydrogen-bond acceptors (Lipinski definition) is 5. The van der Waals surface area contributed by atoms with Crippen molar-refractivity contribution in [3.63, 3.8) is 0 Å². The summed E-state index contributed by atoms with van der Waals surface area (Å²) >= 11 is 0. The Balaban J connectivity index is 1.38. The maximum atomic E-state index is 13.2. The summed E-state index contributed by atoms with van der Waals surface area (Å²) in [5.41, 5.74) is -3.58. The van der Waals surface area contributed by atoms with E-state index in [0.717, 1.165) is 37.7 Å². The van der Waals surface area contributed by atoms with Crippen molar-refractivity contribution in [1.82, 2.24) is 0 Å². The second-order valence-corrected chi connectivity index (χ2v) is 13.8. The van der Waals surface area contributed by atoms with E-state index in [-0.39, 0.29) is 34.9 Å². The Kier molecular flexibility index (Phi) is 4.57. The van der Waals surface area contributed by atoms with Gasteiger partial charge in [-0.3, -0.25) is 4.79 Å². The van der Waals surface area contributed by atoms with E-state index in [2.05, 4.69) is 13.8 Å². The molecule has 7 rings (SSSR count). The first-order chi connectivity index (χ1) is 15.7. The van der Waals surface area contributed by atoms with E-state index in [1.54, 1.807) is 6.08 Å². The Morgan fingerprint density at radius 2 is 1.53 bits per heavy atom. The Bertz CT molecular complexity index is 998. The highest BCUT2D eigenvalue weighted by atomic mass is 16.3. The Labute approximate surface area is 203 Å². The second kappa shape index (κ2) is 6.65. The summed E-state index contributed by atoms with van der Waals surface area (Å²) in [6.07, 6.45) is 11.1. The van der Waals surface area contributed by atoms with Gasteiger partial charge < -0.3 is 20.4 Å². The molecule has 5 fully saturated rings. The lowest BCUT2D eigenvalue weighted by Gasteiger charge is -2.65. The average molecular weight is 471 g/mol. The van der Waals surface area contributed by atoms with Gasteiger partial charge in [-0.05, 0) is 118 Å². The van der Waals surface area contributed by atoms with Crippen molar-refractivity contribution in [2.24, 2.45) is 39.9 Å². The van der Waals surface area contributed by atoms with Gasteiger partial charge in [0.15, 0.2) is 5.78 Å². The number of aliphatic hydroxyl groups excluding tert-OH is 1. The number of rotatable bonds is 1. The maximum absolute atomic E-state index is 13.2. The highest BCUT2D eigenvalue weighted by Crippen LogP contribution is 2.72. The maximum Gasteiger partial charge on any atom is 0.165 e. The lowest BCUT2D eigenvalue weighted by Crippen LogP contribution is -2.69. The van der Waals surface area contributed by atoms with Crippen LogP contribution in [0.5, 0.6) is 0 Å². The van der Waals surface area contributed by atoms with E-state index in [9.17, 15) is 25.2 Å². The van der Waals surface area contributed by atoms with Crippen LogP contribution in [-0.2, 0) is 4.79 Å². The minimum absolute atomic E-state index is 0.0268. The van der Waals surface area contributed by atoms with E-state index in [4.69, 9.17) is 0 Å². The van der Waals surface area contributed by atoms with E-state index < -0.39 is 33.7 Å². The van der Waals surface area contributed by atoms with Gasteiger partial charge in [0.25, 0.3) is 0 Å². The normalized spacial score (nSPS) is 60.4. The number of ketones is 1. The summed E-state index contributed by atoms with van der Waals surface area (Å²) in [4.78, 5) is 13.2. The second-order valence-electron chi connectivity index (χ2n) is 13.8. The first kappa shape index (κ1) is 23.4. The van der Waals surface area contributed by atoms with Crippen LogP contribution in [0.2, 0.25) is 0 Å². The lowest BCUT2D eigenvalue weighted by atomic mass is 9.41. The number of carbonyl (C=O) groups is 1. The summed E-state index contributed by atoms with van der Waals surface area (Å²) in [7, 11) is 0. The molecule has 0 radical (unpaired) electrons. The van der Waals surface area contributed by atoms with Crippen molar-refractivity contribution in [2.45, 2.75) is 108 Å². The van der Waals surface area contributed by atoms with Gasteiger partial charge in [-0.15, -0.1) is 0 Å². The number of allylic oxidation sites excluding steroid dienone is 2. The molecule has 0 spiro atoms. The van der Waals surface area contributed by atoms with E-state index >= 15 is 0 Å². The van der Waals surface area contributed by atoms with Gasteiger partial charge in [-0.1, -0.05) is 19.9 Å². The van der Waals surface area contributed by atoms with Crippen LogP contribution in [-0.4, -0.2) is 49.1 Å². The van der Waals surface area contributed by atoms with E-state index in [1.165, 1.54) is 6.08 Å². The molecule has 0 aliphatic heterocycles. The fraction of sp³-hybridized carbons (Fsp3) is 0.828. The molecular formula is C29H42O5. The minimum Gasteiger partial charge on any atom is -0.390 e. The topological polar surface area (TPSA) is 98.0 Å². The molecule has 0 aromatic rings. The van der Waals surface area contributed by atoms with Gasteiger partial charge in [0.05, 0.1) is 28.3 Å². The van der Waals surface area contributed by atoms with Crippen molar-refractivity contribution in [1.29, 1.82) is 0 Å². The minimum atomic E-state index is -1.05. The molecule has 2 unspecified atom stereocenters. The molecule has 34 heavy (non-hydrogen) atoms. The van der Waals surface area contributed by atoms with Gasteiger partial charge in [0.1, 0.15) is 0 Å². The Morgan fingerprint density at radius 1 is 0.853 bits per heavy atom. The summed E-state index contributed by atoms with van der Waals surface area (Å²) in [5, 5.41) is 46.8. The van der Waals surface area contributed by atoms with Crippen molar-refractivity contribution in [2.75, 3.05) is 0 Å². The molecule has 0 aromatic carbocycles. The van der Waals surface area contributed by atoms with Gasteiger partial charge in [0, 0.05) is 5.41 Å². The predicted octanol–water partition coefficient (Wildman–Crippen LogP) is 3.69. The molecule has 5 nitrogen and oxygen atoms in total. The Hall–Kier alpha value is -1.01. The van der Waals surface area contributed by atoms with Crippen LogP contribution in [0.4, 0.5) is 0 Å². The number of aliphatic hydroxyl groups is 4. The van der Waals surface area contributed by atoms with Crippen LogP contribution in [0.25, 0.3) is 0 Å². The first-order valence-corrected chi connectivity index (χ1v) is 13.5. The molecule has 188 valence electrons. The van der Waals surface area contributed by atoms with E-state index in [1.807, 2.05) is 19.9 Å². The van der Waals surface area contributed by atoms with Crippen molar-refractivity contribution in [3.05, 3.63) is 23.8 Å². The third-order valence-corrected chi connectivity index (χ3v) is 12.9. The van der Waals surface area contributed by atoms with Crippen molar-refractivity contribution >= 4 is 5.78 Å². The highest BCUT2D eigenvalue weighted by Gasteiger charge is 2.75. The third-order valence-electron chi connectivity index (χ3n) is 12.9. The largest absolute Gasteiger partial charge is 0.390 e. The summed E-state index contributed by atoms with van der Waals surface area (Å²) in [6, 6.07) is 0. The zero-order valence-corrected chi connectivity index (χ0v) is 21.2. The quantitative estimate of drug-likeness (QED) is 0.438. The zero-order chi connectivity index (χ0) is 24.5. The van der Waals surface area contributed by atoms with Crippen LogP contribution >= 0.6 is 0 Å². The fourth-order valence-electron chi connectivity index (χ4n) is 10.4. The smallest absolute Gasteiger partial charge is 0.165 e. The summed E-state index contributed by atoms with van der Waals surface area (Å²) < 4.78 is 0. The highest BCUT2D eigenvalue weighted by molar-refractivity contribution is 5.99. The lowest BCUT2D eigenvalue weighted by molar-refractivity contribution is -0.259. The molecule has 7 aliphatic rings. The Morgan fingerprint density at radius 3 is 2.18 bits per heavy atom. The monoisotopic (exact) mass is 470 g/mol. The number of hydrogen-bond donors (Lipinski definition) is 4. The van der Waals surface area contributed by atoms with E-state index in [0.29, 0.717) is 25.7 Å². The van der Waals surface area contributed by atoms with Crippen LogP contribution in [0, 0.1) is 39.9 Å². The third kappa shape index (κ3) is 2.43. The molecule has 5 saturated carbocycles. The zero-order valence-electron chi connectivity index (χ0n) is 21.2. The molecule has 0 heterocycles. The van der Waals surface area contributed by atoms with Crippen LogP contribution in [0.3, 0.4) is 0 Å². The van der Waals surface area contributed by atoms with Gasteiger partial charge in [-0.2, -0.15) is 0 Å². The molecular weight excluding hydrogens is 428 g/mol. The molecule has 4 N–H and O–H groups in total. The SMILES string of the molecule is C[C@]12C(=O)C=C[C@H](O)C1=CCC1C2CC[C@@]2(C)[C@@]1(O)CC[C@]2(O)[C@@H]1C[C@@]2(C)CC[C@H]1C[C@@]2(C)O. The van der Waals surface area contributed by atoms with Gasteiger partial charge >= 0.3 is 0 Å². The van der Waals surface area contributed by atoms with Crippen LogP contribution in [0.1, 0.15) is 85.5 Å².